The fraction of sp³-hybridized carbons (Fsp3) is 0.444. The molecule has 0 radical (unpaired) electrons. The summed E-state index contributed by atoms with van der Waals surface area (Å²) in [6, 6.07) is 4.95. The van der Waals surface area contributed by atoms with Gasteiger partial charge in [-0.15, -0.1) is 11.3 Å². The van der Waals surface area contributed by atoms with Crippen molar-refractivity contribution in [3.63, 3.8) is 0 Å². The molecule has 0 spiro atoms. The maximum atomic E-state index is 10.1. The topological polar surface area (TPSA) is 94.7 Å². The van der Waals surface area contributed by atoms with Gasteiger partial charge in [0.25, 0.3) is 6.01 Å². The third-order valence-electron chi connectivity index (χ3n) is 5.18. The number of rotatable bonds is 3. The molecule has 2 unspecified atom stereocenters. The number of fused-ring (bicyclic) bond motifs is 3. The molecule has 3 aromatic rings. The Morgan fingerprint density at radius 1 is 1.27 bits per heavy atom. The molecule has 2 bridgehead atoms. The van der Waals surface area contributed by atoms with Crippen molar-refractivity contribution in [3.05, 3.63) is 29.3 Å². The Bertz CT molecular complexity index is 935. The van der Waals surface area contributed by atoms with Gasteiger partial charge in [0, 0.05) is 42.3 Å². The number of oxazole rings is 1. The summed E-state index contributed by atoms with van der Waals surface area (Å²) in [4.78, 5) is 11.2. The third-order valence-corrected chi connectivity index (χ3v) is 5.98. The molecule has 8 heteroatoms. The number of aromatic nitrogens is 2. The van der Waals surface area contributed by atoms with Gasteiger partial charge in [-0.2, -0.15) is 4.98 Å². The van der Waals surface area contributed by atoms with Crippen LogP contribution < -0.4 is 10.2 Å². The predicted molar refractivity (Wildman–Crippen MR) is 99.1 cm³/mol. The van der Waals surface area contributed by atoms with E-state index < -0.39 is 5.79 Å². The van der Waals surface area contributed by atoms with Crippen LogP contribution >= 0.6 is 11.3 Å². The van der Waals surface area contributed by atoms with Crippen LogP contribution in [0.2, 0.25) is 0 Å². The maximum Gasteiger partial charge on any atom is 0.298 e. The van der Waals surface area contributed by atoms with Crippen LogP contribution in [-0.2, 0) is 5.79 Å². The van der Waals surface area contributed by atoms with Crippen LogP contribution in [0, 0.1) is 0 Å². The average Bonchev–Trinajstić information content (AvgIpc) is 3.32. The van der Waals surface area contributed by atoms with Gasteiger partial charge in [-0.3, -0.25) is 0 Å². The number of benzene rings is 1. The van der Waals surface area contributed by atoms with E-state index in [0.29, 0.717) is 34.8 Å². The van der Waals surface area contributed by atoms with Gasteiger partial charge in [-0.25, -0.2) is 4.98 Å². The SMILES string of the molecule is CC(O)(O)c1cc(-c2nccs2)c2oc(N3CC4CCC(C3)N4)nc2c1. The van der Waals surface area contributed by atoms with Crippen LogP contribution in [-0.4, -0.2) is 45.4 Å². The Morgan fingerprint density at radius 3 is 2.69 bits per heavy atom. The predicted octanol–water partition coefficient (Wildman–Crippen LogP) is 2.05. The molecule has 0 amide bonds. The Hall–Kier alpha value is -2.00. The number of piperazine rings is 1. The standard InChI is InChI=1S/C18H20N4O3S/c1-18(23,24)10-6-13(16-19-4-5-26-16)15-14(7-10)21-17(25-15)22-8-11-2-3-12(9-22)20-11/h4-7,11-12,20,23-24H,2-3,8-9H2,1H3. The zero-order valence-corrected chi connectivity index (χ0v) is 15.2. The minimum absolute atomic E-state index is 0.371. The monoisotopic (exact) mass is 372 g/mol. The molecular weight excluding hydrogens is 352 g/mol. The summed E-state index contributed by atoms with van der Waals surface area (Å²) in [5.41, 5.74) is 2.35. The molecule has 26 heavy (non-hydrogen) atoms. The van der Waals surface area contributed by atoms with Crippen molar-refractivity contribution >= 4 is 28.5 Å². The van der Waals surface area contributed by atoms with Crippen LogP contribution in [0.4, 0.5) is 6.01 Å². The highest BCUT2D eigenvalue weighted by Crippen LogP contribution is 2.37. The number of hydrogen-bond donors (Lipinski definition) is 3. The second-order valence-corrected chi connectivity index (χ2v) is 8.16. The van der Waals surface area contributed by atoms with E-state index in [1.165, 1.54) is 31.1 Å². The van der Waals surface area contributed by atoms with E-state index in [0.717, 1.165) is 23.7 Å². The molecule has 2 aliphatic rings. The molecule has 2 aromatic heterocycles. The summed E-state index contributed by atoms with van der Waals surface area (Å²) < 4.78 is 6.15. The van der Waals surface area contributed by atoms with Crippen LogP contribution in [0.15, 0.2) is 28.1 Å². The molecule has 0 aliphatic carbocycles. The fourth-order valence-electron chi connectivity index (χ4n) is 3.90. The third kappa shape index (κ3) is 2.69. The minimum Gasteiger partial charge on any atom is -0.423 e. The van der Waals surface area contributed by atoms with E-state index in [4.69, 9.17) is 4.42 Å². The molecule has 2 aliphatic heterocycles. The first-order valence-electron chi connectivity index (χ1n) is 8.78. The number of thiazole rings is 1. The van der Waals surface area contributed by atoms with Crippen molar-refractivity contribution in [2.75, 3.05) is 18.0 Å². The fourth-order valence-corrected chi connectivity index (χ4v) is 4.55. The lowest BCUT2D eigenvalue weighted by Gasteiger charge is -2.31. The largest absolute Gasteiger partial charge is 0.423 e. The first-order chi connectivity index (χ1) is 12.5. The van der Waals surface area contributed by atoms with Crippen molar-refractivity contribution in [1.82, 2.24) is 15.3 Å². The molecule has 2 atom stereocenters. The lowest BCUT2D eigenvalue weighted by atomic mass is 10.0. The summed E-state index contributed by atoms with van der Waals surface area (Å²) in [6.45, 7) is 3.09. The first kappa shape index (κ1) is 16.2. The number of nitrogens with one attached hydrogen (secondary N) is 1. The lowest BCUT2D eigenvalue weighted by Crippen LogP contribution is -2.51. The molecule has 136 valence electrons. The van der Waals surface area contributed by atoms with Gasteiger partial charge < -0.3 is 24.8 Å². The average molecular weight is 372 g/mol. The van der Waals surface area contributed by atoms with Gasteiger partial charge in [-0.05, 0) is 31.9 Å². The van der Waals surface area contributed by atoms with Crippen molar-refractivity contribution in [3.8, 4) is 10.6 Å². The number of aliphatic hydroxyl groups is 2. The van der Waals surface area contributed by atoms with Gasteiger partial charge in [0.2, 0.25) is 0 Å². The highest BCUT2D eigenvalue weighted by atomic mass is 32.1. The highest BCUT2D eigenvalue weighted by Gasteiger charge is 2.34. The minimum atomic E-state index is -1.95. The van der Waals surface area contributed by atoms with E-state index in [-0.39, 0.29) is 0 Å². The number of hydrogen-bond acceptors (Lipinski definition) is 8. The van der Waals surface area contributed by atoms with E-state index >= 15 is 0 Å². The Balaban J connectivity index is 1.63. The van der Waals surface area contributed by atoms with Gasteiger partial charge in [0.1, 0.15) is 10.5 Å². The molecule has 2 fully saturated rings. The Morgan fingerprint density at radius 2 is 2.04 bits per heavy atom. The molecule has 7 nitrogen and oxygen atoms in total. The molecule has 1 aromatic carbocycles. The van der Waals surface area contributed by atoms with Crippen LogP contribution in [0.25, 0.3) is 21.7 Å². The van der Waals surface area contributed by atoms with E-state index in [9.17, 15) is 10.2 Å². The highest BCUT2D eigenvalue weighted by molar-refractivity contribution is 7.13. The summed E-state index contributed by atoms with van der Waals surface area (Å²) in [6.07, 6.45) is 4.09. The van der Waals surface area contributed by atoms with E-state index in [1.807, 2.05) is 5.38 Å². The second kappa shape index (κ2) is 5.75. The quantitative estimate of drug-likeness (QED) is 0.606. The van der Waals surface area contributed by atoms with E-state index in [2.05, 4.69) is 20.2 Å². The van der Waals surface area contributed by atoms with Crippen LogP contribution in [0.1, 0.15) is 25.3 Å². The first-order valence-corrected chi connectivity index (χ1v) is 9.66. The normalized spacial score (nSPS) is 23.1. The summed E-state index contributed by atoms with van der Waals surface area (Å²) in [7, 11) is 0. The van der Waals surface area contributed by atoms with Crippen molar-refractivity contribution in [1.29, 1.82) is 0 Å². The van der Waals surface area contributed by atoms with Crippen molar-refractivity contribution < 1.29 is 14.6 Å². The molecule has 0 saturated carbocycles. The number of nitrogens with zero attached hydrogens (tertiary/aromatic N) is 3. The molecule has 4 heterocycles. The van der Waals surface area contributed by atoms with Gasteiger partial charge >= 0.3 is 0 Å². The van der Waals surface area contributed by atoms with Crippen molar-refractivity contribution in [2.24, 2.45) is 0 Å². The Labute approximate surface area is 154 Å². The zero-order valence-electron chi connectivity index (χ0n) is 14.3. The summed E-state index contributed by atoms with van der Waals surface area (Å²) in [5.74, 6) is -1.95. The van der Waals surface area contributed by atoms with Gasteiger partial charge in [0.15, 0.2) is 11.4 Å². The second-order valence-electron chi connectivity index (χ2n) is 7.27. The summed E-state index contributed by atoms with van der Waals surface area (Å²) in [5, 5.41) is 26.4. The van der Waals surface area contributed by atoms with Crippen LogP contribution in [0.3, 0.4) is 0 Å². The molecule has 3 N–H and O–H groups in total. The lowest BCUT2D eigenvalue weighted by molar-refractivity contribution is -0.152. The van der Waals surface area contributed by atoms with Crippen LogP contribution in [0.5, 0.6) is 0 Å². The molecule has 2 saturated heterocycles. The maximum absolute atomic E-state index is 10.1. The summed E-state index contributed by atoms with van der Waals surface area (Å²) >= 11 is 1.48. The zero-order chi connectivity index (χ0) is 17.9. The molecular formula is C18H20N4O3S. The van der Waals surface area contributed by atoms with E-state index in [1.54, 1.807) is 18.3 Å². The number of anilines is 1. The van der Waals surface area contributed by atoms with Gasteiger partial charge in [-0.1, -0.05) is 0 Å². The Kier molecular flexibility index (Phi) is 3.58. The van der Waals surface area contributed by atoms with Crippen molar-refractivity contribution in [2.45, 2.75) is 37.6 Å². The molecule has 5 rings (SSSR count). The smallest absolute Gasteiger partial charge is 0.298 e. The van der Waals surface area contributed by atoms with Gasteiger partial charge in [0.05, 0.1) is 5.56 Å².